The minimum atomic E-state index is -4.58. The third kappa shape index (κ3) is 5.30. The van der Waals surface area contributed by atoms with Crippen LogP contribution in [0.2, 0.25) is 0 Å². The molecule has 0 saturated heterocycles. The van der Waals surface area contributed by atoms with Gasteiger partial charge in [-0.15, -0.1) is 0 Å². The Bertz CT molecular complexity index is 816. The smallest absolute Gasteiger partial charge is 0.405 e. The molecule has 1 heterocycles. The Kier molecular flexibility index (Phi) is 5.07. The Labute approximate surface area is 132 Å². The fourth-order valence-corrected chi connectivity index (χ4v) is 1.67. The van der Waals surface area contributed by atoms with E-state index in [0.717, 1.165) is 0 Å². The highest BCUT2D eigenvalue weighted by atomic mass is 19.4. The average molecular weight is 344 g/mol. The van der Waals surface area contributed by atoms with E-state index >= 15 is 0 Å². The van der Waals surface area contributed by atoms with Crippen LogP contribution < -0.4 is 21.0 Å². The lowest BCUT2D eigenvalue weighted by Crippen LogP contribution is -2.44. The molecule has 2 N–H and O–H groups in total. The summed E-state index contributed by atoms with van der Waals surface area (Å²) in [5.74, 6) is -0.757. The summed E-state index contributed by atoms with van der Waals surface area (Å²) < 4.78 is 45.7. The van der Waals surface area contributed by atoms with Crippen molar-refractivity contribution in [3.63, 3.8) is 0 Å². The molecule has 0 saturated carbocycles. The Balaban J connectivity index is 1.87. The molecule has 0 spiro atoms. The first kappa shape index (κ1) is 17.3. The highest BCUT2D eigenvalue weighted by Gasteiger charge is 2.27. The van der Waals surface area contributed by atoms with Gasteiger partial charge in [0.1, 0.15) is 17.9 Å². The van der Waals surface area contributed by atoms with Gasteiger partial charge >= 0.3 is 17.8 Å². The molecule has 7 nitrogen and oxygen atoms in total. The molecule has 1 aromatic heterocycles. The van der Waals surface area contributed by atoms with Crippen LogP contribution in [0.15, 0.2) is 39.5 Å². The molecule has 0 unspecified atom stereocenters. The molecule has 0 radical (unpaired) electrons. The monoisotopic (exact) mass is 344 g/mol. The van der Waals surface area contributed by atoms with Gasteiger partial charge < -0.3 is 14.5 Å². The van der Waals surface area contributed by atoms with E-state index in [2.05, 4.69) is 0 Å². The van der Waals surface area contributed by atoms with E-state index in [9.17, 15) is 27.6 Å². The summed E-state index contributed by atoms with van der Waals surface area (Å²) in [6.45, 7) is -2.17. The van der Waals surface area contributed by atoms with Crippen molar-refractivity contribution in [2.45, 2.75) is 6.18 Å². The van der Waals surface area contributed by atoms with E-state index in [0.29, 0.717) is 5.39 Å². The van der Waals surface area contributed by atoms with Gasteiger partial charge in [-0.2, -0.15) is 13.2 Å². The van der Waals surface area contributed by atoms with Crippen LogP contribution in [-0.4, -0.2) is 31.3 Å². The Morgan fingerprint density at radius 3 is 2.58 bits per heavy atom. The minimum Gasteiger partial charge on any atom is -0.484 e. The highest BCUT2D eigenvalue weighted by molar-refractivity contribution is 5.95. The van der Waals surface area contributed by atoms with Crippen molar-refractivity contribution in [2.75, 3.05) is 13.2 Å². The molecule has 3 amide bonds. The van der Waals surface area contributed by atoms with Gasteiger partial charge in [0.15, 0.2) is 6.61 Å². The molecule has 0 aliphatic heterocycles. The van der Waals surface area contributed by atoms with E-state index in [-0.39, 0.29) is 11.3 Å². The van der Waals surface area contributed by atoms with Gasteiger partial charge in [-0.1, -0.05) is 0 Å². The van der Waals surface area contributed by atoms with Crippen LogP contribution in [0, 0.1) is 0 Å². The third-order valence-corrected chi connectivity index (χ3v) is 2.67. The lowest BCUT2D eigenvalue weighted by atomic mass is 10.2. The first-order valence-corrected chi connectivity index (χ1v) is 6.54. The second kappa shape index (κ2) is 7.02. The first-order chi connectivity index (χ1) is 11.2. The lowest BCUT2D eigenvalue weighted by Gasteiger charge is -2.10. The quantitative estimate of drug-likeness (QED) is 0.821. The van der Waals surface area contributed by atoms with Crippen LogP contribution in [0.4, 0.5) is 18.0 Å². The van der Waals surface area contributed by atoms with Gasteiger partial charge in [-0.25, -0.2) is 9.59 Å². The molecular formula is C14H11F3N2O5. The topological polar surface area (TPSA) is 97.6 Å². The molecular weight excluding hydrogens is 333 g/mol. The van der Waals surface area contributed by atoms with E-state index in [1.165, 1.54) is 23.5 Å². The van der Waals surface area contributed by atoms with E-state index < -0.39 is 36.9 Å². The largest absolute Gasteiger partial charge is 0.484 e. The third-order valence-electron chi connectivity index (χ3n) is 2.67. The predicted molar refractivity (Wildman–Crippen MR) is 75.6 cm³/mol. The van der Waals surface area contributed by atoms with Crippen molar-refractivity contribution >= 4 is 22.9 Å². The average Bonchev–Trinajstić information content (AvgIpc) is 2.50. The maximum atomic E-state index is 11.9. The maximum Gasteiger partial charge on any atom is 0.405 e. The Morgan fingerprint density at radius 1 is 1.17 bits per heavy atom. The number of alkyl halides is 3. The molecule has 24 heavy (non-hydrogen) atoms. The molecule has 1 aromatic carbocycles. The number of hydrogen-bond donors (Lipinski definition) is 2. The number of nitrogens with one attached hydrogen (secondary N) is 2. The maximum absolute atomic E-state index is 11.9. The van der Waals surface area contributed by atoms with Crippen molar-refractivity contribution in [3.8, 4) is 5.75 Å². The van der Waals surface area contributed by atoms with E-state index in [1.807, 2.05) is 0 Å². The highest BCUT2D eigenvalue weighted by Crippen LogP contribution is 2.19. The molecule has 0 aliphatic carbocycles. The number of carbonyl (C=O) groups is 2. The Morgan fingerprint density at radius 2 is 1.88 bits per heavy atom. The summed E-state index contributed by atoms with van der Waals surface area (Å²) >= 11 is 0. The van der Waals surface area contributed by atoms with Crippen LogP contribution in [-0.2, 0) is 4.79 Å². The van der Waals surface area contributed by atoms with Crippen molar-refractivity contribution < 1.29 is 31.9 Å². The minimum absolute atomic E-state index is 0.183. The van der Waals surface area contributed by atoms with Crippen LogP contribution in [0.1, 0.15) is 0 Å². The Hall–Kier alpha value is -3.04. The van der Waals surface area contributed by atoms with Crippen LogP contribution in [0.25, 0.3) is 11.0 Å². The van der Waals surface area contributed by atoms with Crippen molar-refractivity contribution in [1.29, 1.82) is 0 Å². The summed E-state index contributed by atoms with van der Waals surface area (Å²) in [4.78, 5) is 33.6. The lowest BCUT2D eigenvalue weighted by molar-refractivity contribution is -0.125. The van der Waals surface area contributed by atoms with Crippen molar-refractivity contribution in [2.24, 2.45) is 0 Å². The zero-order valence-corrected chi connectivity index (χ0v) is 12.0. The summed E-state index contributed by atoms with van der Waals surface area (Å²) in [6.07, 6.45) is -4.58. The normalized spacial score (nSPS) is 11.1. The van der Waals surface area contributed by atoms with Crippen LogP contribution in [0.5, 0.6) is 5.75 Å². The van der Waals surface area contributed by atoms with E-state index in [4.69, 9.17) is 9.15 Å². The standard InChI is InChI=1S/C14H11F3N2O5/c15-14(16,17)7-18-13(22)19-11(20)6-23-9-3-1-8-2-4-12(21)24-10(8)5-9/h1-5H,6-7H2,(H2,18,19,20,22). The van der Waals surface area contributed by atoms with Crippen molar-refractivity contribution in [3.05, 3.63) is 40.8 Å². The summed E-state index contributed by atoms with van der Waals surface area (Å²) in [7, 11) is 0. The fourth-order valence-electron chi connectivity index (χ4n) is 1.67. The number of benzene rings is 1. The number of halogens is 3. The summed E-state index contributed by atoms with van der Waals surface area (Å²) in [5.41, 5.74) is -0.318. The van der Waals surface area contributed by atoms with Gasteiger partial charge in [0.2, 0.25) is 0 Å². The van der Waals surface area contributed by atoms with E-state index in [1.54, 1.807) is 17.4 Å². The van der Waals surface area contributed by atoms with Gasteiger partial charge in [-0.05, 0) is 18.2 Å². The van der Waals surface area contributed by atoms with Gasteiger partial charge in [-0.3, -0.25) is 10.1 Å². The van der Waals surface area contributed by atoms with Crippen LogP contribution in [0.3, 0.4) is 0 Å². The number of fused-ring (bicyclic) bond motifs is 1. The molecule has 128 valence electrons. The second-order valence-electron chi connectivity index (χ2n) is 4.59. The number of ether oxygens (including phenoxy) is 1. The number of rotatable bonds is 4. The fraction of sp³-hybridized carbons (Fsp3) is 0.214. The number of carbonyl (C=O) groups excluding carboxylic acids is 2. The molecule has 2 rings (SSSR count). The molecule has 0 aliphatic rings. The number of amides is 3. The summed E-state index contributed by atoms with van der Waals surface area (Å²) in [5, 5.41) is 3.80. The van der Waals surface area contributed by atoms with Crippen LogP contribution >= 0.6 is 0 Å². The zero-order valence-electron chi connectivity index (χ0n) is 12.0. The second-order valence-corrected chi connectivity index (χ2v) is 4.59. The first-order valence-electron chi connectivity index (χ1n) is 6.54. The molecule has 2 aromatic rings. The van der Waals surface area contributed by atoms with Gasteiger partial charge in [0, 0.05) is 17.5 Å². The summed E-state index contributed by atoms with van der Waals surface area (Å²) in [6, 6.07) is 5.96. The zero-order chi connectivity index (χ0) is 17.7. The van der Waals surface area contributed by atoms with Gasteiger partial charge in [0.05, 0.1) is 0 Å². The molecule has 0 bridgehead atoms. The SMILES string of the molecule is O=C(COc1ccc2ccc(=O)oc2c1)NC(=O)NCC(F)(F)F. The van der Waals surface area contributed by atoms with Crippen molar-refractivity contribution in [1.82, 2.24) is 10.6 Å². The molecule has 0 fully saturated rings. The molecule has 10 heteroatoms. The number of urea groups is 1. The number of hydrogen-bond acceptors (Lipinski definition) is 5. The molecule has 0 atom stereocenters. The number of imide groups is 1. The predicted octanol–water partition coefficient (Wildman–Crippen LogP) is 1.56. The van der Waals surface area contributed by atoms with Gasteiger partial charge in [0.25, 0.3) is 5.91 Å².